The van der Waals surface area contributed by atoms with Crippen LogP contribution in [0.5, 0.6) is 0 Å². The van der Waals surface area contributed by atoms with Crippen LogP contribution in [0.3, 0.4) is 0 Å². The van der Waals surface area contributed by atoms with Gasteiger partial charge in [0.05, 0.1) is 0 Å². The summed E-state index contributed by atoms with van der Waals surface area (Å²) in [5.41, 5.74) is 0. The zero-order valence-corrected chi connectivity index (χ0v) is 14.4. The van der Waals surface area contributed by atoms with Crippen LogP contribution in [-0.4, -0.2) is 46.6 Å². The van der Waals surface area contributed by atoms with Crippen molar-refractivity contribution in [2.75, 3.05) is 0 Å². The SMILES string of the molecule is C[Si](C)(C)N=P(OC(F)C(F)F)(OC(F)C(F)F)OC(F)C(F)F. The largest absolute Gasteiger partial charge is 0.354 e. The van der Waals surface area contributed by atoms with E-state index in [0.29, 0.717) is 0 Å². The Hall–Kier alpha value is -0.303. The Morgan fingerprint density at radius 3 is 1.04 bits per heavy atom. The molecular weight excluding hydrogens is 400 g/mol. The number of halogens is 9. The predicted octanol–water partition coefficient (Wildman–Crippen LogP) is 5.50. The average Bonchev–Trinajstić information content (AvgIpc) is 2.35. The minimum absolute atomic E-state index is 1.28. The minimum Gasteiger partial charge on any atom is -0.269 e. The van der Waals surface area contributed by atoms with Crippen LogP contribution >= 0.6 is 7.74 Å². The first-order chi connectivity index (χ1) is 10.7. The van der Waals surface area contributed by atoms with Crippen molar-refractivity contribution in [3.8, 4) is 0 Å². The molecule has 0 aliphatic rings. The molecule has 4 nitrogen and oxygen atoms in total. The van der Waals surface area contributed by atoms with Gasteiger partial charge in [0.25, 0.3) is 38.3 Å². The number of hydrogen-bond donors (Lipinski definition) is 0. The molecule has 0 aliphatic heterocycles. The molecule has 0 aliphatic carbocycles. The van der Waals surface area contributed by atoms with E-state index >= 15 is 0 Å². The van der Waals surface area contributed by atoms with E-state index in [9.17, 15) is 39.5 Å². The lowest BCUT2D eigenvalue weighted by Gasteiger charge is -2.29. The third-order valence-electron chi connectivity index (χ3n) is 1.72. The molecule has 3 atom stereocenters. The van der Waals surface area contributed by atoms with Gasteiger partial charge in [0.1, 0.15) is 0 Å². The summed E-state index contributed by atoms with van der Waals surface area (Å²) in [5, 5.41) is 0. The summed E-state index contributed by atoms with van der Waals surface area (Å²) in [6, 6.07) is 0. The first-order valence-corrected chi connectivity index (χ1v) is 11.1. The van der Waals surface area contributed by atoms with Crippen molar-refractivity contribution in [1.82, 2.24) is 0 Å². The summed E-state index contributed by atoms with van der Waals surface area (Å²) in [6.45, 7) is 3.83. The zero-order chi connectivity index (χ0) is 19.3. The van der Waals surface area contributed by atoms with Crippen molar-refractivity contribution in [2.45, 2.75) is 58.0 Å². The molecule has 15 heteroatoms. The topological polar surface area (TPSA) is 40.0 Å². The molecule has 0 saturated carbocycles. The van der Waals surface area contributed by atoms with Gasteiger partial charge >= 0.3 is 7.74 Å². The second-order valence-corrected chi connectivity index (χ2v) is 11.8. The van der Waals surface area contributed by atoms with Crippen LogP contribution in [0, 0.1) is 0 Å². The van der Waals surface area contributed by atoms with Gasteiger partial charge in [0.2, 0.25) is 0 Å². The van der Waals surface area contributed by atoms with Crippen molar-refractivity contribution in [2.24, 2.45) is 4.41 Å². The molecule has 24 heavy (non-hydrogen) atoms. The van der Waals surface area contributed by atoms with Gasteiger partial charge in [-0.25, -0.2) is 39.5 Å². The van der Waals surface area contributed by atoms with Gasteiger partial charge in [-0.3, -0.25) is 18.0 Å². The van der Waals surface area contributed by atoms with Crippen LogP contribution < -0.4 is 0 Å². The molecule has 0 rings (SSSR count). The minimum atomic E-state index is -5.33. The third-order valence-corrected chi connectivity index (χ3v) is 6.50. The fourth-order valence-electron chi connectivity index (χ4n) is 1.03. The van der Waals surface area contributed by atoms with E-state index in [0.717, 1.165) is 0 Å². The van der Waals surface area contributed by atoms with Gasteiger partial charge in [-0.05, 0) is 19.6 Å². The second-order valence-electron chi connectivity index (χ2n) is 5.11. The molecule has 0 saturated heterocycles. The highest BCUT2D eigenvalue weighted by atomic mass is 31.2. The predicted molar refractivity (Wildman–Crippen MR) is 68.6 cm³/mol. The van der Waals surface area contributed by atoms with Crippen molar-refractivity contribution in [3.05, 3.63) is 0 Å². The van der Waals surface area contributed by atoms with Gasteiger partial charge in [0, 0.05) is 0 Å². The molecule has 0 aromatic heterocycles. The maximum absolute atomic E-state index is 13.1. The summed E-state index contributed by atoms with van der Waals surface area (Å²) in [6.07, 6.45) is -22.6. The third kappa shape index (κ3) is 8.69. The summed E-state index contributed by atoms with van der Waals surface area (Å²) < 4.78 is 128. The van der Waals surface area contributed by atoms with E-state index in [1.807, 2.05) is 0 Å². The van der Waals surface area contributed by atoms with Crippen molar-refractivity contribution in [1.29, 1.82) is 0 Å². The average molecular weight is 415 g/mol. The molecule has 0 aromatic rings. The summed E-state index contributed by atoms with van der Waals surface area (Å²) in [4.78, 5) is 0. The molecule has 0 N–H and O–H groups in total. The molecule has 0 bridgehead atoms. The molecule has 0 fully saturated rings. The Morgan fingerprint density at radius 1 is 0.625 bits per heavy atom. The Morgan fingerprint density at radius 2 is 0.875 bits per heavy atom. The summed E-state index contributed by atoms with van der Waals surface area (Å²) >= 11 is 0. The molecule has 0 amide bonds. The standard InChI is InChI=1S/C9H15F9NO3PSi/c1-24(2,3)19-23(20-7(16)4(10)11,21-8(17)5(12)13)22-9(18)6(14)15/h4-9H,1-3H3. The molecule has 146 valence electrons. The maximum atomic E-state index is 13.1. The Kier molecular flexibility index (Phi) is 9.29. The quantitative estimate of drug-likeness (QED) is 0.269. The van der Waals surface area contributed by atoms with Crippen molar-refractivity contribution in [3.63, 3.8) is 0 Å². The fraction of sp³-hybridized carbons (Fsp3) is 1.00. The number of hydrogen-bond acceptors (Lipinski definition) is 4. The van der Waals surface area contributed by atoms with Crippen LogP contribution in [0.4, 0.5) is 39.5 Å². The van der Waals surface area contributed by atoms with E-state index < -0.39 is 54.3 Å². The zero-order valence-electron chi connectivity index (χ0n) is 12.5. The maximum Gasteiger partial charge on any atom is 0.354 e. The van der Waals surface area contributed by atoms with Gasteiger partial charge in [0.15, 0.2) is 8.24 Å². The van der Waals surface area contributed by atoms with Gasteiger partial charge in [-0.1, -0.05) is 0 Å². The molecule has 0 heterocycles. The van der Waals surface area contributed by atoms with Crippen LogP contribution in [-0.2, 0) is 13.6 Å². The number of alkyl halides is 9. The van der Waals surface area contributed by atoms with Crippen LogP contribution in [0.25, 0.3) is 0 Å². The lowest BCUT2D eigenvalue weighted by Crippen LogP contribution is -2.27. The highest BCUT2D eigenvalue weighted by Crippen LogP contribution is 2.59. The Balaban J connectivity index is 5.95. The van der Waals surface area contributed by atoms with Crippen molar-refractivity contribution < 1.29 is 53.1 Å². The van der Waals surface area contributed by atoms with Crippen LogP contribution in [0.1, 0.15) is 0 Å². The highest BCUT2D eigenvalue weighted by Gasteiger charge is 2.43. The van der Waals surface area contributed by atoms with E-state index in [1.54, 1.807) is 0 Å². The molecular formula is C9H15F9NO3PSi. The van der Waals surface area contributed by atoms with Crippen LogP contribution in [0.2, 0.25) is 19.6 Å². The van der Waals surface area contributed by atoms with E-state index in [4.69, 9.17) is 0 Å². The lowest BCUT2D eigenvalue weighted by atomic mass is 10.7. The Bertz CT molecular complexity index is 389. The van der Waals surface area contributed by atoms with E-state index in [2.05, 4.69) is 18.0 Å². The molecule has 3 unspecified atom stereocenters. The smallest absolute Gasteiger partial charge is 0.269 e. The second kappa shape index (κ2) is 9.41. The van der Waals surface area contributed by atoms with Gasteiger partial charge in [-0.2, -0.15) is 0 Å². The van der Waals surface area contributed by atoms with Gasteiger partial charge < -0.3 is 0 Å². The molecule has 0 aromatic carbocycles. The number of nitrogens with zero attached hydrogens (tertiary/aromatic N) is 1. The summed E-state index contributed by atoms with van der Waals surface area (Å²) in [7, 11) is -8.36. The summed E-state index contributed by atoms with van der Waals surface area (Å²) in [5.74, 6) is 0. The van der Waals surface area contributed by atoms with Gasteiger partial charge in [-0.15, -0.1) is 0 Å². The number of rotatable bonds is 10. The lowest BCUT2D eigenvalue weighted by molar-refractivity contribution is -0.137. The molecule has 0 spiro atoms. The monoisotopic (exact) mass is 415 g/mol. The highest BCUT2D eigenvalue weighted by molar-refractivity contribution is 7.52. The van der Waals surface area contributed by atoms with Crippen LogP contribution in [0.15, 0.2) is 4.41 Å². The van der Waals surface area contributed by atoms with E-state index in [1.165, 1.54) is 19.6 Å². The van der Waals surface area contributed by atoms with E-state index in [-0.39, 0.29) is 0 Å². The molecule has 0 radical (unpaired) electrons. The normalized spacial score (nSPS) is 19.5. The Labute approximate surface area is 132 Å². The first-order valence-electron chi connectivity index (χ1n) is 6.14. The first kappa shape index (κ1) is 23.7. The fourth-order valence-corrected chi connectivity index (χ4v) is 5.73. The van der Waals surface area contributed by atoms with Crippen molar-refractivity contribution >= 4 is 16.0 Å².